The number of amides is 1. The minimum Gasteiger partial charge on any atom is -0.384 e. The van der Waals surface area contributed by atoms with E-state index in [9.17, 15) is 4.79 Å². The molecule has 1 aromatic rings. The van der Waals surface area contributed by atoms with Gasteiger partial charge < -0.3 is 10.6 Å². The molecule has 94 valence electrons. The lowest BCUT2D eigenvalue weighted by atomic mass is 9.97. The van der Waals surface area contributed by atoms with E-state index < -0.39 is 5.54 Å². The number of anilines is 1. The number of carbonyl (C=O) groups is 1. The van der Waals surface area contributed by atoms with Gasteiger partial charge in [-0.15, -0.1) is 6.42 Å². The topological polar surface area (TPSA) is 41.1 Å². The second-order valence-corrected chi connectivity index (χ2v) is 5.19. The van der Waals surface area contributed by atoms with Crippen molar-refractivity contribution in [2.45, 2.75) is 31.7 Å². The lowest BCUT2D eigenvalue weighted by Gasteiger charge is -2.20. The number of para-hydroxylation sites is 1. The van der Waals surface area contributed by atoms with Crippen LogP contribution in [0.15, 0.2) is 24.3 Å². The third kappa shape index (κ3) is 2.65. The van der Waals surface area contributed by atoms with Crippen LogP contribution in [0, 0.1) is 12.3 Å². The average molecular weight is 242 g/mol. The van der Waals surface area contributed by atoms with Crippen molar-refractivity contribution >= 4 is 11.6 Å². The van der Waals surface area contributed by atoms with Crippen LogP contribution in [0.25, 0.3) is 0 Å². The predicted molar refractivity (Wildman–Crippen MR) is 73.3 cm³/mol. The first-order chi connectivity index (χ1) is 8.52. The highest BCUT2D eigenvalue weighted by Crippen LogP contribution is 2.33. The number of rotatable bonds is 3. The number of nitrogens with one attached hydrogen (secondary N) is 2. The SMILES string of the molecule is C#CC(C)(C)NC(=O)CC1CNc2ccccc21. The second kappa shape index (κ2) is 4.73. The molecule has 0 bridgehead atoms. The first-order valence-electron chi connectivity index (χ1n) is 6.13. The molecular weight excluding hydrogens is 224 g/mol. The average Bonchev–Trinajstić information content (AvgIpc) is 2.72. The molecule has 0 saturated carbocycles. The van der Waals surface area contributed by atoms with Gasteiger partial charge in [-0.25, -0.2) is 0 Å². The van der Waals surface area contributed by atoms with Gasteiger partial charge in [-0.3, -0.25) is 4.79 Å². The highest BCUT2D eigenvalue weighted by atomic mass is 16.1. The van der Waals surface area contributed by atoms with Gasteiger partial charge in [-0.2, -0.15) is 0 Å². The summed E-state index contributed by atoms with van der Waals surface area (Å²) in [6, 6.07) is 8.11. The van der Waals surface area contributed by atoms with Gasteiger partial charge in [-0.1, -0.05) is 24.1 Å². The fourth-order valence-electron chi connectivity index (χ4n) is 2.20. The number of hydrogen-bond acceptors (Lipinski definition) is 2. The van der Waals surface area contributed by atoms with Gasteiger partial charge in [-0.05, 0) is 25.5 Å². The molecule has 1 aromatic carbocycles. The van der Waals surface area contributed by atoms with E-state index in [4.69, 9.17) is 6.42 Å². The highest BCUT2D eigenvalue weighted by molar-refractivity contribution is 5.79. The van der Waals surface area contributed by atoms with Crippen molar-refractivity contribution in [3.8, 4) is 12.3 Å². The summed E-state index contributed by atoms with van der Waals surface area (Å²) in [5, 5.41) is 6.17. The van der Waals surface area contributed by atoms with Crippen LogP contribution in [0.1, 0.15) is 31.7 Å². The van der Waals surface area contributed by atoms with E-state index >= 15 is 0 Å². The Morgan fingerprint density at radius 1 is 1.56 bits per heavy atom. The molecule has 3 nitrogen and oxygen atoms in total. The van der Waals surface area contributed by atoms with Gasteiger partial charge in [0, 0.05) is 24.6 Å². The largest absolute Gasteiger partial charge is 0.384 e. The minimum atomic E-state index is -0.581. The second-order valence-electron chi connectivity index (χ2n) is 5.19. The predicted octanol–water partition coefficient (Wildman–Crippen LogP) is 2.11. The molecule has 3 heteroatoms. The first kappa shape index (κ1) is 12.5. The van der Waals surface area contributed by atoms with E-state index in [1.807, 2.05) is 32.0 Å². The summed E-state index contributed by atoms with van der Waals surface area (Å²) in [5.74, 6) is 2.80. The van der Waals surface area contributed by atoms with Gasteiger partial charge in [0.2, 0.25) is 5.91 Å². The monoisotopic (exact) mass is 242 g/mol. The Labute approximate surface area is 108 Å². The van der Waals surface area contributed by atoms with Crippen molar-refractivity contribution in [3.63, 3.8) is 0 Å². The molecule has 0 radical (unpaired) electrons. The molecule has 0 spiro atoms. The van der Waals surface area contributed by atoms with Crippen LogP contribution < -0.4 is 10.6 Å². The molecule has 1 atom stereocenters. The summed E-state index contributed by atoms with van der Waals surface area (Å²) in [7, 11) is 0. The zero-order valence-electron chi connectivity index (χ0n) is 10.8. The Morgan fingerprint density at radius 3 is 3.00 bits per heavy atom. The molecule has 1 aliphatic heterocycles. The molecule has 0 aromatic heterocycles. The van der Waals surface area contributed by atoms with Gasteiger partial charge in [0.25, 0.3) is 0 Å². The molecule has 1 unspecified atom stereocenters. The molecule has 0 saturated heterocycles. The van der Waals surface area contributed by atoms with E-state index in [2.05, 4.69) is 22.6 Å². The Kier molecular flexibility index (Phi) is 3.29. The summed E-state index contributed by atoms with van der Waals surface area (Å²) in [5.41, 5.74) is 1.76. The van der Waals surface area contributed by atoms with Gasteiger partial charge in [0.15, 0.2) is 0 Å². The number of terminal acetylenes is 1. The molecule has 2 N–H and O–H groups in total. The Balaban J connectivity index is 2.01. The summed E-state index contributed by atoms with van der Waals surface area (Å²) in [6.45, 7) is 4.46. The van der Waals surface area contributed by atoms with E-state index in [1.165, 1.54) is 5.56 Å². The van der Waals surface area contributed by atoms with Gasteiger partial charge in [0.05, 0.1) is 5.54 Å². The van der Waals surface area contributed by atoms with Crippen molar-refractivity contribution in [2.24, 2.45) is 0 Å². The maximum absolute atomic E-state index is 11.9. The maximum atomic E-state index is 11.9. The van der Waals surface area contributed by atoms with Crippen molar-refractivity contribution in [1.29, 1.82) is 0 Å². The lowest BCUT2D eigenvalue weighted by molar-refractivity contribution is -0.122. The van der Waals surface area contributed by atoms with Crippen LogP contribution in [-0.2, 0) is 4.79 Å². The van der Waals surface area contributed by atoms with Gasteiger partial charge in [0.1, 0.15) is 0 Å². The fraction of sp³-hybridized carbons (Fsp3) is 0.400. The molecule has 1 amide bonds. The molecule has 2 rings (SSSR count). The van der Waals surface area contributed by atoms with E-state index in [1.54, 1.807) is 0 Å². The summed E-state index contributed by atoms with van der Waals surface area (Å²) >= 11 is 0. The third-order valence-corrected chi connectivity index (χ3v) is 3.18. The normalized spacial score (nSPS) is 17.5. The quantitative estimate of drug-likeness (QED) is 0.797. The third-order valence-electron chi connectivity index (χ3n) is 3.18. The zero-order valence-corrected chi connectivity index (χ0v) is 10.8. The summed E-state index contributed by atoms with van der Waals surface area (Å²) < 4.78 is 0. The molecular formula is C15H18N2O. The number of carbonyl (C=O) groups excluding carboxylic acids is 1. The van der Waals surface area contributed by atoms with Crippen molar-refractivity contribution in [1.82, 2.24) is 5.32 Å². The Morgan fingerprint density at radius 2 is 2.28 bits per heavy atom. The first-order valence-corrected chi connectivity index (χ1v) is 6.13. The van der Waals surface area contributed by atoms with Gasteiger partial charge >= 0.3 is 0 Å². The van der Waals surface area contributed by atoms with E-state index in [0.717, 1.165) is 12.2 Å². The van der Waals surface area contributed by atoms with Crippen molar-refractivity contribution < 1.29 is 4.79 Å². The number of fused-ring (bicyclic) bond motifs is 1. The molecule has 0 aliphatic carbocycles. The minimum absolute atomic E-state index is 0.00135. The Hall–Kier alpha value is -1.95. The number of hydrogen-bond donors (Lipinski definition) is 2. The van der Waals surface area contributed by atoms with Crippen molar-refractivity contribution in [3.05, 3.63) is 29.8 Å². The van der Waals surface area contributed by atoms with E-state index in [-0.39, 0.29) is 11.8 Å². The molecule has 0 fully saturated rings. The fourth-order valence-corrected chi connectivity index (χ4v) is 2.20. The van der Waals surface area contributed by atoms with Crippen LogP contribution in [0.3, 0.4) is 0 Å². The van der Waals surface area contributed by atoms with Crippen LogP contribution in [0.5, 0.6) is 0 Å². The van der Waals surface area contributed by atoms with E-state index in [0.29, 0.717) is 6.42 Å². The summed E-state index contributed by atoms with van der Waals surface area (Å²) in [4.78, 5) is 11.9. The zero-order chi connectivity index (χ0) is 13.2. The van der Waals surface area contributed by atoms with Crippen LogP contribution in [-0.4, -0.2) is 18.0 Å². The van der Waals surface area contributed by atoms with Crippen LogP contribution >= 0.6 is 0 Å². The van der Waals surface area contributed by atoms with Crippen LogP contribution in [0.4, 0.5) is 5.69 Å². The lowest BCUT2D eigenvalue weighted by Crippen LogP contribution is -2.42. The highest BCUT2D eigenvalue weighted by Gasteiger charge is 2.26. The maximum Gasteiger partial charge on any atom is 0.221 e. The summed E-state index contributed by atoms with van der Waals surface area (Å²) in [6.07, 6.45) is 5.83. The molecule has 18 heavy (non-hydrogen) atoms. The Bertz CT molecular complexity index is 499. The molecule has 1 aliphatic rings. The standard InChI is InChI=1S/C15H18N2O/c1-4-15(2,3)17-14(18)9-11-10-16-13-8-6-5-7-12(11)13/h1,5-8,11,16H,9-10H2,2-3H3,(H,17,18). The number of benzene rings is 1. The smallest absolute Gasteiger partial charge is 0.221 e. The van der Waals surface area contributed by atoms with Crippen molar-refractivity contribution in [2.75, 3.05) is 11.9 Å². The molecule has 1 heterocycles. The van der Waals surface area contributed by atoms with Crippen LogP contribution in [0.2, 0.25) is 0 Å².